The maximum absolute atomic E-state index is 5.93. The molecule has 0 aliphatic carbocycles. The first-order valence-corrected chi connectivity index (χ1v) is 6.42. The Bertz CT molecular complexity index is 350. The highest BCUT2D eigenvalue weighted by Crippen LogP contribution is 2.29. The average molecular weight is 286 g/mol. The van der Waals surface area contributed by atoms with Crippen LogP contribution in [0.25, 0.3) is 0 Å². The van der Waals surface area contributed by atoms with Gasteiger partial charge in [-0.1, -0.05) is 29.8 Å². The zero-order valence-corrected chi connectivity index (χ0v) is 11.9. The van der Waals surface area contributed by atoms with Crippen molar-refractivity contribution in [3.8, 4) is 5.75 Å². The first-order chi connectivity index (χ1) is 7.41. The zero-order valence-electron chi connectivity index (χ0n) is 10.3. The van der Waals surface area contributed by atoms with Crippen molar-refractivity contribution in [3.63, 3.8) is 0 Å². The van der Waals surface area contributed by atoms with Crippen LogP contribution in [0.2, 0.25) is 0 Å². The van der Waals surface area contributed by atoms with E-state index in [2.05, 4.69) is 36.7 Å². The van der Waals surface area contributed by atoms with Crippen LogP contribution in [0.4, 0.5) is 0 Å². The van der Waals surface area contributed by atoms with E-state index in [0.717, 1.165) is 15.8 Å². The molecule has 3 heteroatoms. The lowest BCUT2D eigenvalue weighted by Gasteiger charge is -2.21. The number of ether oxygens (including phenoxy) is 1. The van der Waals surface area contributed by atoms with Gasteiger partial charge in [0, 0.05) is 16.1 Å². The van der Waals surface area contributed by atoms with Crippen molar-refractivity contribution in [2.45, 2.75) is 39.8 Å². The molecule has 16 heavy (non-hydrogen) atoms. The van der Waals surface area contributed by atoms with Gasteiger partial charge in [-0.2, -0.15) is 0 Å². The summed E-state index contributed by atoms with van der Waals surface area (Å²) in [5.41, 5.74) is 6.98. The molecule has 2 atom stereocenters. The standard InChI is InChI=1S/C13H20BrNO/c1-8(2)10(4)16-13-6-5-11(14)7-12(13)9(3)15/h5-10H,15H2,1-4H3. The van der Waals surface area contributed by atoms with Gasteiger partial charge in [0.2, 0.25) is 0 Å². The fraction of sp³-hybridized carbons (Fsp3) is 0.538. The molecule has 0 saturated carbocycles. The second kappa shape index (κ2) is 5.69. The Kier molecular flexibility index (Phi) is 4.81. The molecular weight excluding hydrogens is 266 g/mol. The van der Waals surface area contributed by atoms with Crippen molar-refractivity contribution in [1.29, 1.82) is 0 Å². The van der Waals surface area contributed by atoms with Crippen LogP contribution < -0.4 is 10.5 Å². The van der Waals surface area contributed by atoms with Gasteiger partial charge in [0.15, 0.2) is 0 Å². The molecule has 0 spiro atoms. The fourth-order valence-corrected chi connectivity index (χ4v) is 1.70. The van der Waals surface area contributed by atoms with Gasteiger partial charge in [-0.3, -0.25) is 0 Å². The van der Waals surface area contributed by atoms with E-state index in [1.165, 1.54) is 0 Å². The van der Waals surface area contributed by atoms with E-state index < -0.39 is 0 Å². The summed E-state index contributed by atoms with van der Waals surface area (Å²) >= 11 is 3.45. The van der Waals surface area contributed by atoms with Crippen LogP contribution in [-0.2, 0) is 0 Å². The lowest BCUT2D eigenvalue weighted by molar-refractivity contribution is 0.168. The van der Waals surface area contributed by atoms with Gasteiger partial charge >= 0.3 is 0 Å². The minimum Gasteiger partial charge on any atom is -0.490 e. The largest absolute Gasteiger partial charge is 0.490 e. The lowest BCUT2D eigenvalue weighted by Crippen LogP contribution is -2.20. The normalized spacial score (nSPS) is 14.9. The van der Waals surface area contributed by atoms with Gasteiger partial charge in [-0.15, -0.1) is 0 Å². The summed E-state index contributed by atoms with van der Waals surface area (Å²) in [6, 6.07) is 5.95. The molecule has 0 aliphatic heterocycles. The first-order valence-electron chi connectivity index (χ1n) is 5.63. The van der Waals surface area contributed by atoms with Crippen molar-refractivity contribution in [3.05, 3.63) is 28.2 Å². The summed E-state index contributed by atoms with van der Waals surface area (Å²) < 4.78 is 6.95. The molecule has 2 unspecified atom stereocenters. The van der Waals surface area contributed by atoms with E-state index in [0.29, 0.717) is 5.92 Å². The van der Waals surface area contributed by atoms with E-state index >= 15 is 0 Å². The Balaban J connectivity index is 2.95. The Morgan fingerprint density at radius 3 is 2.31 bits per heavy atom. The predicted octanol–water partition coefficient (Wildman–Crippen LogP) is 3.89. The van der Waals surface area contributed by atoms with Crippen LogP contribution in [0.3, 0.4) is 0 Å². The van der Waals surface area contributed by atoms with Crippen molar-refractivity contribution >= 4 is 15.9 Å². The smallest absolute Gasteiger partial charge is 0.124 e. The molecular formula is C13H20BrNO. The second-order valence-corrected chi connectivity index (χ2v) is 5.45. The van der Waals surface area contributed by atoms with Crippen molar-refractivity contribution < 1.29 is 4.74 Å². The lowest BCUT2D eigenvalue weighted by atomic mass is 10.1. The summed E-state index contributed by atoms with van der Waals surface area (Å²) in [5, 5.41) is 0. The van der Waals surface area contributed by atoms with Gasteiger partial charge in [0.25, 0.3) is 0 Å². The second-order valence-electron chi connectivity index (χ2n) is 4.54. The number of rotatable bonds is 4. The van der Waals surface area contributed by atoms with E-state index in [4.69, 9.17) is 10.5 Å². The van der Waals surface area contributed by atoms with Gasteiger partial charge < -0.3 is 10.5 Å². The van der Waals surface area contributed by atoms with Crippen molar-refractivity contribution in [1.82, 2.24) is 0 Å². The maximum Gasteiger partial charge on any atom is 0.124 e. The van der Waals surface area contributed by atoms with Crippen LogP contribution in [-0.4, -0.2) is 6.10 Å². The topological polar surface area (TPSA) is 35.2 Å². The van der Waals surface area contributed by atoms with E-state index in [9.17, 15) is 0 Å². The number of hydrogen-bond donors (Lipinski definition) is 1. The van der Waals surface area contributed by atoms with Gasteiger partial charge in [0.1, 0.15) is 5.75 Å². The fourth-order valence-electron chi connectivity index (χ4n) is 1.32. The molecule has 0 bridgehead atoms. The third kappa shape index (κ3) is 3.49. The van der Waals surface area contributed by atoms with Gasteiger partial charge in [-0.25, -0.2) is 0 Å². The summed E-state index contributed by atoms with van der Waals surface area (Å²) in [4.78, 5) is 0. The highest BCUT2D eigenvalue weighted by molar-refractivity contribution is 9.10. The average Bonchev–Trinajstić information content (AvgIpc) is 2.20. The Hall–Kier alpha value is -0.540. The molecule has 1 aromatic carbocycles. The third-order valence-corrected chi connectivity index (χ3v) is 3.21. The minimum absolute atomic E-state index is 0.0214. The van der Waals surface area contributed by atoms with E-state index in [-0.39, 0.29) is 12.1 Å². The van der Waals surface area contributed by atoms with E-state index in [1.807, 2.05) is 25.1 Å². The Morgan fingerprint density at radius 2 is 1.81 bits per heavy atom. The molecule has 0 amide bonds. The number of hydrogen-bond acceptors (Lipinski definition) is 2. The van der Waals surface area contributed by atoms with Crippen LogP contribution in [0.1, 0.15) is 39.3 Å². The minimum atomic E-state index is -0.0214. The quantitative estimate of drug-likeness (QED) is 0.911. The molecule has 0 aromatic heterocycles. The van der Waals surface area contributed by atoms with Crippen LogP contribution in [0.5, 0.6) is 5.75 Å². The number of halogens is 1. The van der Waals surface area contributed by atoms with Crippen molar-refractivity contribution in [2.24, 2.45) is 11.7 Å². The maximum atomic E-state index is 5.93. The monoisotopic (exact) mass is 285 g/mol. The van der Waals surface area contributed by atoms with E-state index in [1.54, 1.807) is 0 Å². The van der Waals surface area contributed by atoms with Crippen LogP contribution in [0, 0.1) is 5.92 Å². The summed E-state index contributed by atoms with van der Waals surface area (Å²) in [6.07, 6.45) is 0.193. The number of nitrogens with two attached hydrogens (primary N) is 1. The first kappa shape index (κ1) is 13.5. The number of benzene rings is 1. The Morgan fingerprint density at radius 1 is 1.19 bits per heavy atom. The molecule has 0 heterocycles. The molecule has 0 fully saturated rings. The highest BCUT2D eigenvalue weighted by Gasteiger charge is 2.13. The predicted molar refractivity (Wildman–Crippen MR) is 71.7 cm³/mol. The summed E-state index contributed by atoms with van der Waals surface area (Å²) in [6.45, 7) is 8.34. The van der Waals surface area contributed by atoms with Gasteiger partial charge in [0.05, 0.1) is 6.10 Å². The molecule has 1 rings (SSSR count). The molecule has 2 nitrogen and oxygen atoms in total. The Labute approximate surface area is 106 Å². The van der Waals surface area contributed by atoms with Crippen LogP contribution >= 0.6 is 15.9 Å². The zero-order chi connectivity index (χ0) is 12.3. The van der Waals surface area contributed by atoms with Crippen molar-refractivity contribution in [2.75, 3.05) is 0 Å². The molecule has 0 radical (unpaired) electrons. The molecule has 0 aliphatic rings. The summed E-state index contributed by atoms with van der Waals surface area (Å²) in [5.74, 6) is 1.38. The molecule has 2 N–H and O–H groups in total. The SMILES string of the molecule is CC(N)c1cc(Br)ccc1OC(C)C(C)C. The van der Waals surface area contributed by atoms with Gasteiger partial charge in [-0.05, 0) is 38.0 Å². The third-order valence-electron chi connectivity index (χ3n) is 2.71. The molecule has 0 saturated heterocycles. The highest BCUT2D eigenvalue weighted by atomic mass is 79.9. The molecule has 90 valence electrons. The molecule has 1 aromatic rings. The van der Waals surface area contributed by atoms with Crippen LogP contribution in [0.15, 0.2) is 22.7 Å². The summed E-state index contributed by atoms with van der Waals surface area (Å²) in [7, 11) is 0.